The first-order valence-corrected chi connectivity index (χ1v) is 8.53. The van der Waals surface area contributed by atoms with Gasteiger partial charge in [0.05, 0.1) is 16.7 Å². The van der Waals surface area contributed by atoms with Crippen LogP contribution in [0.3, 0.4) is 0 Å². The molecular formula is C17H9F6N9. The molecule has 4 aromatic rings. The standard InChI is InChI=1S/C17H9F6N9/c18-16(19,20)11-1-9(2-12(3-11)17(21,22)23)14-26-8-32(29-14)6-13(15-27-30-31-28-15)10-4-24-7-25-5-10/h1-8H,(H,27,28,30,31). The lowest BCUT2D eigenvalue weighted by Gasteiger charge is -2.13. The molecule has 0 spiro atoms. The number of aromatic nitrogens is 9. The molecule has 0 radical (unpaired) electrons. The van der Waals surface area contributed by atoms with E-state index in [1.54, 1.807) is 0 Å². The summed E-state index contributed by atoms with van der Waals surface area (Å²) in [5, 5.41) is 17.4. The van der Waals surface area contributed by atoms with Crippen molar-refractivity contribution in [3.8, 4) is 11.4 Å². The summed E-state index contributed by atoms with van der Waals surface area (Å²) in [4.78, 5) is 11.6. The number of rotatable bonds is 4. The smallest absolute Gasteiger partial charge is 0.244 e. The molecule has 0 amide bonds. The largest absolute Gasteiger partial charge is 0.416 e. The Morgan fingerprint density at radius 2 is 1.59 bits per heavy atom. The van der Waals surface area contributed by atoms with Crippen LogP contribution in [-0.2, 0) is 12.4 Å². The van der Waals surface area contributed by atoms with Crippen molar-refractivity contribution in [2.75, 3.05) is 0 Å². The fourth-order valence-electron chi connectivity index (χ4n) is 2.66. The van der Waals surface area contributed by atoms with Crippen LogP contribution in [0.2, 0.25) is 0 Å². The number of alkyl halides is 6. The molecule has 0 unspecified atom stereocenters. The summed E-state index contributed by atoms with van der Waals surface area (Å²) in [6, 6.07) is 1.12. The summed E-state index contributed by atoms with van der Waals surface area (Å²) < 4.78 is 79.8. The van der Waals surface area contributed by atoms with E-state index in [1.165, 1.54) is 24.9 Å². The number of hydrogen-bond donors (Lipinski definition) is 1. The van der Waals surface area contributed by atoms with Crippen LogP contribution in [0.5, 0.6) is 0 Å². The molecule has 164 valence electrons. The number of halogens is 6. The molecule has 3 heterocycles. The second-order valence-electron chi connectivity index (χ2n) is 6.25. The Labute approximate surface area is 173 Å². The first kappa shape index (κ1) is 21.1. The molecule has 3 aromatic heterocycles. The zero-order chi connectivity index (χ0) is 22.9. The molecule has 9 nitrogen and oxygen atoms in total. The molecule has 0 aliphatic heterocycles. The van der Waals surface area contributed by atoms with E-state index in [9.17, 15) is 26.3 Å². The van der Waals surface area contributed by atoms with Gasteiger partial charge in [-0.3, -0.25) is 0 Å². The van der Waals surface area contributed by atoms with Crippen LogP contribution in [0.25, 0.3) is 23.2 Å². The van der Waals surface area contributed by atoms with Gasteiger partial charge in [-0.25, -0.2) is 19.6 Å². The van der Waals surface area contributed by atoms with Crippen LogP contribution in [0.4, 0.5) is 26.3 Å². The number of tetrazole rings is 1. The summed E-state index contributed by atoms with van der Waals surface area (Å²) in [6.45, 7) is 0. The van der Waals surface area contributed by atoms with E-state index in [0.717, 1.165) is 11.0 Å². The lowest BCUT2D eigenvalue weighted by atomic mass is 10.0. The number of hydrogen-bond acceptors (Lipinski definition) is 7. The van der Waals surface area contributed by atoms with Gasteiger partial charge >= 0.3 is 12.4 Å². The third-order valence-electron chi connectivity index (χ3n) is 4.07. The van der Waals surface area contributed by atoms with Crippen molar-refractivity contribution >= 4 is 11.8 Å². The van der Waals surface area contributed by atoms with Gasteiger partial charge in [0.15, 0.2) is 5.82 Å². The number of nitrogens with one attached hydrogen (secondary N) is 1. The molecule has 0 saturated heterocycles. The molecule has 0 bridgehead atoms. The van der Waals surface area contributed by atoms with Gasteiger partial charge in [0.25, 0.3) is 0 Å². The van der Waals surface area contributed by atoms with E-state index >= 15 is 0 Å². The number of nitrogens with zero attached hydrogens (tertiary/aromatic N) is 8. The molecule has 1 N–H and O–H groups in total. The third-order valence-corrected chi connectivity index (χ3v) is 4.07. The molecular weight excluding hydrogens is 444 g/mol. The van der Waals surface area contributed by atoms with E-state index in [4.69, 9.17) is 0 Å². The topological polar surface area (TPSA) is 111 Å². The van der Waals surface area contributed by atoms with Gasteiger partial charge in [-0.15, -0.1) is 15.3 Å². The normalized spacial score (nSPS) is 12.9. The Bertz CT molecular complexity index is 1210. The van der Waals surface area contributed by atoms with Crippen LogP contribution in [0.1, 0.15) is 22.5 Å². The molecule has 0 aliphatic carbocycles. The van der Waals surface area contributed by atoms with Crippen molar-refractivity contribution in [2.24, 2.45) is 0 Å². The van der Waals surface area contributed by atoms with Crippen molar-refractivity contribution in [3.63, 3.8) is 0 Å². The summed E-state index contributed by atoms with van der Waals surface area (Å²) in [5.74, 6) is -0.232. The molecule has 0 fully saturated rings. The molecule has 1 aromatic carbocycles. The van der Waals surface area contributed by atoms with Crippen LogP contribution in [-0.4, -0.2) is 45.4 Å². The second-order valence-corrected chi connectivity index (χ2v) is 6.25. The van der Waals surface area contributed by atoms with Gasteiger partial charge in [-0.1, -0.05) is 0 Å². The zero-order valence-corrected chi connectivity index (χ0v) is 15.5. The van der Waals surface area contributed by atoms with E-state index < -0.39 is 29.0 Å². The van der Waals surface area contributed by atoms with Crippen molar-refractivity contribution in [3.05, 3.63) is 65.8 Å². The van der Waals surface area contributed by atoms with Gasteiger partial charge in [0, 0.05) is 29.7 Å². The summed E-state index contributed by atoms with van der Waals surface area (Å²) in [6.07, 6.45) is -3.36. The van der Waals surface area contributed by atoms with Gasteiger partial charge in [0.1, 0.15) is 12.7 Å². The molecule has 0 saturated carbocycles. The summed E-state index contributed by atoms with van der Waals surface area (Å²) in [7, 11) is 0. The van der Waals surface area contributed by atoms with Crippen molar-refractivity contribution < 1.29 is 26.3 Å². The van der Waals surface area contributed by atoms with Gasteiger partial charge in [-0.2, -0.15) is 31.6 Å². The minimum atomic E-state index is -4.99. The van der Waals surface area contributed by atoms with E-state index in [1.807, 2.05) is 0 Å². The van der Waals surface area contributed by atoms with Crippen molar-refractivity contribution in [1.29, 1.82) is 0 Å². The van der Waals surface area contributed by atoms with Gasteiger partial charge in [-0.05, 0) is 23.4 Å². The van der Waals surface area contributed by atoms with E-state index in [2.05, 4.69) is 40.7 Å². The Hall–Kier alpha value is -4.17. The Morgan fingerprint density at radius 1 is 0.938 bits per heavy atom. The average Bonchev–Trinajstić information content (AvgIpc) is 3.43. The lowest BCUT2D eigenvalue weighted by Crippen LogP contribution is -2.11. The second kappa shape index (κ2) is 7.82. The fourth-order valence-corrected chi connectivity index (χ4v) is 2.66. The maximum absolute atomic E-state index is 13.1. The fraction of sp³-hybridized carbons (Fsp3) is 0.118. The quantitative estimate of drug-likeness (QED) is 0.472. The maximum Gasteiger partial charge on any atom is 0.416 e. The highest BCUT2D eigenvalue weighted by Gasteiger charge is 2.37. The Kier molecular flexibility index (Phi) is 5.15. The molecule has 15 heteroatoms. The molecule has 4 rings (SSSR count). The maximum atomic E-state index is 13.1. The monoisotopic (exact) mass is 453 g/mol. The highest BCUT2D eigenvalue weighted by atomic mass is 19.4. The van der Waals surface area contributed by atoms with Crippen LogP contribution in [0, 0.1) is 0 Å². The van der Waals surface area contributed by atoms with Crippen molar-refractivity contribution in [1.82, 2.24) is 45.4 Å². The molecule has 32 heavy (non-hydrogen) atoms. The SMILES string of the molecule is FC(F)(F)c1cc(-c2ncn(C=C(c3cncnc3)c3nn[nH]n3)n2)cc(C(F)(F)F)c1. The van der Waals surface area contributed by atoms with Crippen LogP contribution < -0.4 is 0 Å². The number of H-pyrrole nitrogens is 1. The predicted octanol–water partition coefficient (Wildman–Crippen LogP) is 3.33. The number of aromatic amines is 1. The minimum Gasteiger partial charge on any atom is -0.244 e. The predicted molar refractivity (Wildman–Crippen MR) is 94.9 cm³/mol. The summed E-state index contributed by atoms with van der Waals surface area (Å²) >= 11 is 0. The third kappa shape index (κ3) is 4.45. The van der Waals surface area contributed by atoms with Gasteiger partial charge < -0.3 is 0 Å². The van der Waals surface area contributed by atoms with Crippen molar-refractivity contribution in [2.45, 2.75) is 12.4 Å². The molecule has 0 atom stereocenters. The molecule has 0 aliphatic rings. The average molecular weight is 453 g/mol. The summed E-state index contributed by atoms with van der Waals surface area (Å²) in [5.41, 5.74) is -2.63. The highest BCUT2D eigenvalue weighted by molar-refractivity contribution is 5.83. The van der Waals surface area contributed by atoms with E-state index in [-0.39, 0.29) is 17.7 Å². The minimum absolute atomic E-state index is 0.0319. The highest BCUT2D eigenvalue weighted by Crippen LogP contribution is 2.38. The van der Waals surface area contributed by atoms with Crippen LogP contribution >= 0.6 is 0 Å². The number of benzene rings is 1. The lowest BCUT2D eigenvalue weighted by molar-refractivity contribution is -0.143. The van der Waals surface area contributed by atoms with E-state index in [0.29, 0.717) is 23.3 Å². The Balaban J connectivity index is 1.78. The first-order valence-electron chi connectivity index (χ1n) is 8.53. The Morgan fingerprint density at radius 3 is 2.16 bits per heavy atom. The first-order chi connectivity index (χ1) is 15.1. The van der Waals surface area contributed by atoms with Gasteiger partial charge in [0.2, 0.25) is 5.82 Å². The van der Waals surface area contributed by atoms with Crippen LogP contribution in [0.15, 0.2) is 43.2 Å². The zero-order valence-electron chi connectivity index (χ0n) is 15.5.